The van der Waals surface area contributed by atoms with Crippen molar-refractivity contribution in [2.75, 3.05) is 39.9 Å². The summed E-state index contributed by atoms with van der Waals surface area (Å²) in [4.78, 5) is 27.9. The summed E-state index contributed by atoms with van der Waals surface area (Å²) >= 11 is 0. The van der Waals surface area contributed by atoms with Crippen molar-refractivity contribution in [1.82, 2.24) is 9.80 Å². The fourth-order valence-corrected chi connectivity index (χ4v) is 2.77. The number of ether oxygens (including phenoxy) is 3. The van der Waals surface area contributed by atoms with Crippen LogP contribution >= 0.6 is 0 Å². The molecule has 0 N–H and O–H groups in total. The predicted octanol–water partition coefficient (Wildman–Crippen LogP) is 3.19. The van der Waals surface area contributed by atoms with Gasteiger partial charge in [0, 0.05) is 32.3 Å². The highest BCUT2D eigenvalue weighted by atomic mass is 16.6. The lowest BCUT2D eigenvalue weighted by molar-refractivity contribution is -0.127. The van der Waals surface area contributed by atoms with Crippen LogP contribution in [0, 0.1) is 0 Å². The Morgan fingerprint density at radius 1 is 1.07 bits per heavy atom. The van der Waals surface area contributed by atoms with Gasteiger partial charge in [-0.3, -0.25) is 4.79 Å². The SMILES string of the molecule is CCOc1cc(/C=C/C(=O)N2CCN(C(=O)OC(C)(C)C)CC2)ccc1OC. The third kappa shape index (κ3) is 6.18. The van der Waals surface area contributed by atoms with Crippen molar-refractivity contribution in [2.45, 2.75) is 33.3 Å². The van der Waals surface area contributed by atoms with Gasteiger partial charge in [-0.05, 0) is 51.5 Å². The van der Waals surface area contributed by atoms with Gasteiger partial charge in [-0.25, -0.2) is 4.79 Å². The zero-order valence-corrected chi connectivity index (χ0v) is 17.4. The zero-order chi connectivity index (χ0) is 20.7. The number of hydrogen-bond donors (Lipinski definition) is 0. The Labute approximate surface area is 166 Å². The number of benzene rings is 1. The van der Waals surface area contributed by atoms with Crippen LogP contribution in [0.1, 0.15) is 33.3 Å². The Kier molecular flexibility index (Phi) is 7.31. The second-order valence-electron chi connectivity index (χ2n) is 7.47. The molecule has 1 saturated heterocycles. The Morgan fingerprint density at radius 3 is 2.29 bits per heavy atom. The molecule has 0 bridgehead atoms. The lowest BCUT2D eigenvalue weighted by atomic mass is 10.2. The van der Waals surface area contributed by atoms with Gasteiger partial charge in [0.1, 0.15) is 5.60 Å². The summed E-state index contributed by atoms with van der Waals surface area (Å²) in [5.41, 5.74) is 0.330. The number of hydrogen-bond acceptors (Lipinski definition) is 5. The van der Waals surface area contributed by atoms with Gasteiger partial charge in [-0.2, -0.15) is 0 Å². The van der Waals surface area contributed by atoms with Crippen molar-refractivity contribution in [3.05, 3.63) is 29.8 Å². The van der Waals surface area contributed by atoms with E-state index in [0.29, 0.717) is 44.3 Å². The van der Waals surface area contributed by atoms with Crippen molar-refractivity contribution in [1.29, 1.82) is 0 Å². The number of nitrogens with zero attached hydrogens (tertiary/aromatic N) is 2. The highest BCUT2D eigenvalue weighted by Crippen LogP contribution is 2.28. The van der Waals surface area contributed by atoms with Crippen LogP contribution in [0.4, 0.5) is 4.79 Å². The molecule has 0 unspecified atom stereocenters. The van der Waals surface area contributed by atoms with Crippen LogP contribution < -0.4 is 9.47 Å². The van der Waals surface area contributed by atoms with Crippen LogP contribution in [-0.4, -0.2) is 67.3 Å². The van der Waals surface area contributed by atoms with E-state index >= 15 is 0 Å². The highest BCUT2D eigenvalue weighted by molar-refractivity contribution is 5.92. The fourth-order valence-electron chi connectivity index (χ4n) is 2.77. The van der Waals surface area contributed by atoms with Crippen LogP contribution in [0.5, 0.6) is 11.5 Å². The number of methoxy groups -OCH3 is 1. The second-order valence-corrected chi connectivity index (χ2v) is 7.47. The summed E-state index contributed by atoms with van der Waals surface area (Å²) in [5, 5.41) is 0. The predicted molar refractivity (Wildman–Crippen MR) is 108 cm³/mol. The Morgan fingerprint density at radius 2 is 1.71 bits per heavy atom. The first kappa shape index (κ1) is 21.6. The average molecular weight is 390 g/mol. The van der Waals surface area contributed by atoms with Gasteiger partial charge in [-0.1, -0.05) is 6.07 Å². The molecule has 154 valence electrons. The minimum absolute atomic E-state index is 0.0855. The standard InChI is InChI=1S/C21H30N2O5/c1-6-27-18-15-16(7-9-17(18)26-5)8-10-19(24)22-11-13-23(14-12-22)20(25)28-21(2,3)4/h7-10,15H,6,11-14H2,1-5H3/b10-8+. The molecule has 2 rings (SSSR count). The fraction of sp³-hybridized carbons (Fsp3) is 0.524. The molecule has 1 fully saturated rings. The van der Waals surface area contributed by atoms with Crippen LogP contribution in [0.2, 0.25) is 0 Å². The van der Waals surface area contributed by atoms with E-state index < -0.39 is 5.60 Å². The first-order valence-corrected chi connectivity index (χ1v) is 9.49. The molecule has 0 radical (unpaired) electrons. The summed E-state index contributed by atoms with van der Waals surface area (Å²) in [6.45, 7) is 9.84. The summed E-state index contributed by atoms with van der Waals surface area (Å²) < 4.78 is 16.2. The van der Waals surface area contributed by atoms with Gasteiger partial charge >= 0.3 is 6.09 Å². The molecule has 28 heavy (non-hydrogen) atoms. The van der Waals surface area contributed by atoms with Crippen LogP contribution in [0.15, 0.2) is 24.3 Å². The molecule has 1 aromatic carbocycles. The number of carbonyl (C=O) groups is 2. The van der Waals surface area contributed by atoms with Gasteiger partial charge in [0.05, 0.1) is 13.7 Å². The summed E-state index contributed by atoms with van der Waals surface area (Å²) in [5.74, 6) is 1.21. The first-order valence-electron chi connectivity index (χ1n) is 9.49. The molecular formula is C21H30N2O5. The molecule has 1 aliphatic rings. The number of carbonyl (C=O) groups excluding carboxylic acids is 2. The molecule has 7 nitrogen and oxygen atoms in total. The smallest absolute Gasteiger partial charge is 0.410 e. The number of piperazine rings is 1. The summed E-state index contributed by atoms with van der Waals surface area (Å²) in [6.07, 6.45) is 2.96. The second kappa shape index (κ2) is 9.48. The quantitative estimate of drug-likeness (QED) is 0.723. The van der Waals surface area contributed by atoms with Gasteiger partial charge in [0.2, 0.25) is 5.91 Å². The summed E-state index contributed by atoms with van der Waals surface area (Å²) in [7, 11) is 1.59. The Hall–Kier alpha value is -2.70. The molecule has 1 aromatic rings. The molecule has 0 aliphatic carbocycles. The van der Waals surface area contributed by atoms with Crippen LogP contribution in [-0.2, 0) is 9.53 Å². The first-order chi connectivity index (χ1) is 13.2. The van der Waals surface area contributed by atoms with Gasteiger partial charge < -0.3 is 24.0 Å². The van der Waals surface area contributed by atoms with E-state index in [1.54, 1.807) is 29.1 Å². The van der Waals surface area contributed by atoms with E-state index in [1.165, 1.54) is 0 Å². The van der Waals surface area contributed by atoms with Gasteiger partial charge in [0.25, 0.3) is 0 Å². The lowest BCUT2D eigenvalue weighted by Gasteiger charge is -2.35. The van der Waals surface area contributed by atoms with Gasteiger partial charge in [0.15, 0.2) is 11.5 Å². The Balaban J connectivity index is 1.92. The molecule has 0 saturated carbocycles. The molecule has 1 heterocycles. The number of rotatable bonds is 5. The minimum Gasteiger partial charge on any atom is -0.493 e. The number of amides is 2. The molecule has 7 heteroatoms. The molecule has 0 atom stereocenters. The van der Waals surface area contributed by atoms with E-state index in [2.05, 4.69) is 0 Å². The third-order valence-electron chi connectivity index (χ3n) is 4.15. The zero-order valence-electron chi connectivity index (χ0n) is 17.4. The molecule has 0 aromatic heterocycles. The maximum absolute atomic E-state index is 12.5. The van der Waals surface area contributed by atoms with Crippen molar-refractivity contribution in [3.63, 3.8) is 0 Å². The molecule has 0 spiro atoms. The van der Waals surface area contributed by atoms with E-state index in [1.807, 2.05) is 45.9 Å². The molecular weight excluding hydrogens is 360 g/mol. The van der Waals surface area contributed by atoms with Crippen molar-refractivity contribution in [2.24, 2.45) is 0 Å². The van der Waals surface area contributed by atoms with Gasteiger partial charge in [-0.15, -0.1) is 0 Å². The average Bonchev–Trinajstić information content (AvgIpc) is 2.65. The van der Waals surface area contributed by atoms with Crippen LogP contribution in [0.25, 0.3) is 6.08 Å². The van der Waals surface area contributed by atoms with Crippen molar-refractivity contribution in [3.8, 4) is 11.5 Å². The maximum Gasteiger partial charge on any atom is 0.410 e. The van der Waals surface area contributed by atoms with E-state index in [0.717, 1.165) is 5.56 Å². The maximum atomic E-state index is 12.5. The largest absolute Gasteiger partial charge is 0.493 e. The third-order valence-corrected chi connectivity index (χ3v) is 4.15. The highest BCUT2D eigenvalue weighted by Gasteiger charge is 2.26. The van der Waals surface area contributed by atoms with Crippen LogP contribution in [0.3, 0.4) is 0 Å². The Bertz CT molecular complexity index is 716. The molecule has 2 amide bonds. The molecule has 1 aliphatic heterocycles. The lowest BCUT2D eigenvalue weighted by Crippen LogP contribution is -2.51. The van der Waals surface area contributed by atoms with Crippen molar-refractivity contribution >= 4 is 18.1 Å². The minimum atomic E-state index is -0.522. The van der Waals surface area contributed by atoms with E-state index in [-0.39, 0.29) is 12.0 Å². The van der Waals surface area contributed by atoms with E-state index in [9.17, 15) is 9.59 Å². The topological polar surface area (TPSA) is 68.3 Å². The normalized spacial score (nSPS) is 14.9. The van der Waals surface area contributed by atoms with E-state index in [4.69, 9.17) is 14.2 Å². The van der Waals surface area contributed by atoms with Crippen molar-refractivity contribution < 1.29 is 23.8 Å². The monoisotopic (exact) mass is 390 g/mol. The summed E-state index contributed by atoms with van der Waals surface area (Å²) in [6, 6.07) is 5.52.